The van der Waals surface area contributed by atoms with Gasteiger partial charge in [-0.2, -0.15) is 0 Å². The lowest BCUT2D eigenvalue weighted by molar-refractivity contribution is 0.0376. The zero-order valence-electron chi connectivity index (χ0n) is 10.2. The second kappa shape index (κ2) is 7.19. The molecule has 0 aromatic rings. The molecule has 16 heavy (non-hydrogen) atoms. The van der Waals surface area contributed by atoms with Crippen LogP contribution in [0.4, 0.5) is 0 Å². The molecule has 1 rings (SSSR count). The van der Waals surface area contributed by atoms with Gasteiger partial charge in [-0.25, -0.2) is 0 Å². The molecule has 0 aliphatic carbocycles. The normalized spacial score (nSPS) is 23.2. The van der Waals surface area contributed by atoms with Crippen LogP contribution in [0.1, 0.15) is 6.92 Å². The highest BCUT2D eigenvalue weighted by Gasteiger charge is 2.19. The van der Waals surface area contributed by atoms with E-state index < -0.39 is 6.10 Å². The number of hydrogen-bond acceptors (Lipinski definition) is 5. The van der Waals surface area contributed by atoms with Gasteiger partial charge in [0.25, 0.3) is 0 Å². The molecule has 0 spiro atoms. The van der Waals surface area contributed by atoms with Gasteiger partial charge in [0.1, 0.15) is 0 Å². The average Bonchev–Trinajstić information content (AvgIpc) is 2.31. The molecule has 0 radical (unpaired) electrons. The number of rotatable bonds is 6. The summed E-state index contributed by atoms with van der Waals surface area (Å²) in [6.45, 7) is 8.40. The fraction of sp³-hybridized carbons (Fsp3) is 1.00. The second-order valence-corrected chi connectivity index (χ2v) is 4.78. The van der Waals surface area contributed by atoms with Crippen LogP contribution < -0.4 is 5.73 Å². The fourth-order valence-electron chi connectivity index (χ4n) is 2.03. The number of hydrogen-bond donors (Lipinski definition) is 3. The van der Waals surface area contributed by atoms with Gasteiger partial charge in [-0.15, -0.1) is 0 Å². The third kappa shape index (κ3) is 4.76. The first-order valence-electron chi connectivity index (χ1n) is 6.09. The average molecular weight is 231 g/mol. The predicted molar refractivity (Wildman–Crippen MR) is 64.2 cm³/mol. The minimum absolute atomic E-state index is 0.148. The van der Waals surface area contributed by atoms with Crippen molar-refractivity contribution in [2.24, 2.45) is 11.7 Å². The Morgan fingerprint density at radius 2 is 1.62 bits per heavy atom. The van der Waals surface area contributed by atoms with Crippen LogP contribution in [0.15, 0.2) is 0 Å². The summed E-state index contributed by atoms with van der Waals surface area (Å²) in [6, 6.07) is 0. The van der Waals surface area contributed by atoms with Crippen LogP contribution in [0, 0.1) is 5.92 Å². The van der Waals surface area contributed by atoms with Gasteiger partial charge >= 0.3 is 0 Å². The third-order valence-electron chi connectivity index (χ3n) is 3.12. The number of nitrogens with zero attached hydrogens (tertiary/aromatic N) is 2. The van der Waals surface area contributed by atoms with Crippen molar-refractivity contribution in [3.05, 3.63) is 0 Å². The van der Waals surface area contributed by atoms with Crippen molar-refractivity contribution in [2.45, 2.75) is 13.0 Å². The van der Waals surface area contributed by atoms with Gasteiger partial charge in [0.2, 0.25) is 0 Å². The molecule has 1 aliphatic heterocycles. The molecule has 4 N–H and O–H groups in total. The van der Waals surface area contributed by atoms with Crippen molar-refractivity contribution in [1.29, 1.82) is 0 Å². The van der Waals surface area contributed by atoms with Crippen molar-refractivity contribution in [2.75, 3.05) is 52.4 Å². The maximum Gasteiger partial charge on any atom is 0.0897 e. The van der Waals surface area contributed by atoms with Gasteiger partial charge in [-0.1, -0.05) is 6.92 Å². The van der Waals surface area contributed by atoms with Gasteiger partial charge in [-0.05, 0) is 12.5 Å². The monoisotopic (exact) mass is 231 g/mol. The molecule has 0 aromatic carbocycles. The van der Waals surface area contributed by atoms with Crippen LogP contribution in [0.2, 0.25) is 0 Å². The van der Waals surface area contributed by atoms with E-state index in [1.807, 2.05) is 0 Å². The molecular formula is C11H25N3O2. The fourth-order valence-corrected chi connectivity index (χ4v) is 2.03. The van der Waals surface area contributed by atoms with Crippen molar-refractivity contribution in [3.63, 3.8) is 0 Å². The van der Waals surface area contributed by atoms with E-state index in [-0.39, 0.29) is 6.61 Å². The summed E-state index contributed by atoms with van der Waals surface area (Å²) in [5.74, 6) is 0.551. The zero-order valence-corrected chi connectivity index (χ0v) is 10.2. The van der Waals surface area contributed by atoms with E-state index in [0.717, 1.165) is 39.3 Å². The van der Waals surface area contributed by atoms with Crippen LogP contribution in [-0.2, 0) is 0 Å². The van der Waals surface area contributed by atoms with Gasteiger partial charge in [0, 0.05) is 39.3 Å². The Morgan fingerprint density at radius 3 is 2.06 bits per heavy atom. The van der Waals surface area contributed by atoms with E-state index >= 15 is 0 Å². The van der Waals surface area contributed by atoms with Gasteiger partial charge in [0.15, 0.2) is 0 Å². The van der Waals surface area contributed by atoms with Crippen molar-refractivity contribution < 1.29 is 10.2 Å². The Morgan fingerprint density at radius 1 is 1.12 bits per heavy atom. The van der Waals surface area contributed by atoms with E-state index in [2.05, 4.69) is 16.7 Å². The van der Waals surface area contributed by atoms with Crippen LogP contribution >= 0.6 is 0 Å². The molecule has 5 nitrogen and oxygen atoms in total. The molecule has 2 atom stereocenters. The van der Waals surface area contributed by atoms with Crippen molar-refractivity contribution in [3.8, 4) is 0 Å². The lowest BCUT2D eigenvalue weighted by atomic mass is 10.1. The number of piperazine rings is 1. The zero-order chi connectivity index (χ0) is 12.0. The summed E-state index contributed by atoms with van der Waals surface area (Å²) in [6.07, 6.45) is -0.602. The van der Waals surface area contributed by atoms with Crippen molar-refractivity contribution >= 4 is 0 Å². The highest BCUT2D eigenvalue weighted by molar-refractivity contribution is 4.75. The predicted octanol–water partition coefficient (Wildman–Crippen LogP) is -1.45. The van der Waals surface area contributed by atoms with Crippen LogP contribution in [0.25, 0.3) is 0 Å². The van der Waals surface area contributed by atoms with Gasteiger partial charge in [-0.3, -0.25) is 4.90 Å². The molecule has 2 unspecified atom stereocenters. The summed E-state index contributed by atoms with van der Waals surface area (Å²) in [5.41, 5.74) is 5.60. The van der Waals surface area contributed by atoms with E-state index in [4.69, 9.17) is 10.8 Å². The summed E-state index contributed by atoms with van der Waals surface area (Å²) in [4.78, 5) is 4.61. The number of β-amino-alcohol motifs (C(OH)–C–C–N with tert-alkyl or cyclic N) is 1. The first-order chi connectivity index (χ1) is 7.65. The van der Waals surface area contributed by atoms with Gasteiger partial charge < -0.3 is 20.8 Å². The minimum Gasteiger partial charge on any atom is -0.394 e. The molecule has 0 bridgehead atoms. The highest BCUT2D eigenvalue weighted by Crippen LogP contribution is 2.05. The first-order valence-corrected chi connectivity index (χ1v) is 6.09. The van der Waals surface area contributed by atoms with Crippen LogP contribution in [-0.4, -0.2) is 78.5 Å². The van der Waals surface area contributed by atoms with E-state index in [1.165, 1.54) is 0 Å². The molecule has 0 saturated carbocycles. The van der Waals surface area contributed by atoms with E-state index in [0.29, 0.717) is 12.5 Å². The lowest BCUT2D eigenvalue weighted by Gasteiger charge is -2.36. The maximum atomic E-state index is 9.34. The molecule has 1 aliphatic rings. The number of aliphatic hydroxyl groups excluding tert-OH is 2. The molecule has 5 heteroatoms. The van der Waals surface area contributed by atoms with E-state index in [9.17, 15) is 5.11 Å². The molecule has 1 heterocycles. The van der Waals surface area contributed by atoms with Gasteiger partial charge in [0.05, 0.1) is 12.7 Å². The largest absolute Gasteiger partial charge is 0.394 e. The summed E-state index contributed by atoms with van der Waals surface area (Å²) >= 11 is 0. The quantitative estimate of drug-likeness (QED) is 0.522. The Hall–Kier alpha value is -0.200. The molecule has 96 valence electrons. The Kier molecular flexibility index (Phi) is 6.23. The molecular weight excluding hydrogens is 206 g/mol. The molecule has 1 saturated heterocycles. The summed E-state index contributed by atoms with van der Waals surface area (Å²) < 4.78 is 0. The summed E-state index contributed by atoms with van der Waals surface area (Å²) in [5, 5.41) is 18.1. The smallest absolute Gasteiger partial charge is 0.0897 e. The van der Waals surface area contributed by atoms with Crippen LogP contribution in [0.5, 0.6) is 0 Å². The highest BCUT2D eigenvalue weighted by atomic mass is 16.3. The SMILES string of the molecule is CC(CN)CN1CCN(CC(O)CO)CC1. The van der Waals surface area contributed by atoms with Crippen LogP contribution in [0.3, 0.4) is 0 Å². The molecule has 1 fully saturated rings. The first kappa shape index (κ1) is 13.9. The Bertz CT molecular complexity index is 164. The summed E-state index contributed by atoms with van der Waals surface area (Å²) in [7, 11) is 0. The lowest BCUT2D eigenvalue weighted by Crippen LogP contribution is -2.50. The van der Waals surface area contributed by atoms with Crippen molar-refractivity contribution in [1.82, 2.24) is 9.80 Å². The standard InChI is InChI=1S/C11H25N3O2/c1-10(6-12)7-13-2-4-14(5-3-13)8-11(16)9-15/h10-11,15-16H,2-9,12H2,1H3. The maximum absolute atomic E-state index is 9.34. The Labute approximate surface area is 97.8 Å². The second-order valence-electron chi connectivity index (χ2n) is 4.78. The third-order valence-corrected chi connectivity index (χ3v) is 3.12. The topological polar surface area (TPSA) is 73.0 Å². The number of nitrogens with two attached hydrogens (primary N) is 1. The van der Waals surface area contributed by atoms with E-state index in [1.54, 1.807) is 0 Å². The number of aliphatic hydroxyl groups is 2. The minimum atomic E-state index is -0.602. The Balaban J connectivity index is 2.18. The molecule has 0 aromatic heterocycles. The molecule has 0 amide bonds.